The maximum Gasteiger partial charge on any atom is 0.163 e. The third-order valence-electron chi connectivity index (χ3n) is 6.08. The predicted octanol–water partition coefficient (Wildman–Crippen LogP) is 5.81. The van der Waals surface area contributed by atoms with Crippen LogP contribution < -0.4 is 15.4 Å². The maximum atomic E-state index is 13.5. The highest BCUT2D eigenvalue weighted by Gasteiger charge is 2.36. The fraction of sp³-hybridized carbons (Fsp3) is 0.192. The minimum atomic E-state index is -0.289. The van der Waals surface area contributed by atoms with Gasteiger partial charge in [-0.3, -0.25) is 4.79 Å². The number of hydrogen-bond donors (Lipinski definition) is 2. The Bertz CT molecular complexity index is 1170. The quantitative estimate of drug-likeness (QED) is 0.568. The molecule has 0 saturated carbocycles. The summed E-state index contributed by atoms with van der Waals surface area (Å²) < 4.78 is 18.8. The molecule has 0 unspecified atom stereocenters. The first-order valence-electron chi connectivity index (χ1n) is 10.4. The largest absolute Gasteiger partial charge is 0.497 e. The van der Waals surface area contributed by atoms with Crippen LogP contribution in [0.4, 0.5) is 15.8 Å². The first kappa shape index (κ1) is 19.4. The zero-order valence-corrected chi connectivity index (χ0v) is 17.2. The molecule has 1 heterocycles. The second kappa shape index (κ2) is 7.91. The molecule has 5 heteroatoms. The van der Waals surface area contributed by atoms with Crippen molar-refractivity contribution in [3.8, 4) is 5.75 Å². The first-order chi connectivity index (χ1) is 15.1. The van der Waals surface area contributed by atoms with E-state index in [1.165, 1.54) is 12.1 Å². The maximum absolute atomic E-state index is 13.5. The lowest BCUT2D eigenvalue weighted by Gasteiger charge is -2.30. The van der Waals surface area contributed by atoms with E-state index in [0.717, 1.165) is 39.5 Å². The zero-order valence-electron chi connectivity index (χ0n) is 17.2. The van der Waals surface area contributed by atoms with Crippen molar-refractivity contribution >= 4 is 17.2 Å². The van der Waals surface area contributed by atoms with Crippen LogP contribution in [0.5, 0.6) is 5.75 Å². The Morgan fingerprint density at radius 1 is 0.903 bits per heavy atom. The summed E-state index contributed by atoms with van der Waals surface area (Å²) in [6, 6.07) is 22.0. The van der Waals surface area contributed by atoms with E-state index in [4.69, 9.17) is 4.74 Å². The van der Waals surface area contributed by atoms with Gasteiger partial charge >= 0.3 is 0 Å². The van der Waals surface area contributed by atoms with Gasteiger partial charge in [-0.2, -0.15) is 0 Å². The van der Waals surface area contributed by atoms with Crippen LogP contribution in [0.15, 0.2) is 84.1 Å². The number of fused-ring (bicyclic) bond motifs is 1. The number of allylic oxidation sites excluding steroid dienone is 1. The number of methoxy groups -OCH3 is 1. The van der Waals surface area contributed by atoms with Gasteiger partial charge in [0, 0.05) is 17.7 Å². The molecule has 156 valence electrons. The highest BCUT2D eigenvalue weighted by atomic mass is 19.1. The Balaban J connectivity index is 1.60. The molecule has 2 atom stereocenters. The highest BCUT2D eigenvalue weighted by molar-refractivity contribution is 6.01. The van der Waals surface area contributed by atoms with Crippen LogP contribution in [0.25, 0.3) is 0 Å². The van der Waals surface area contributed by atoms with Crippen molar-refractivity contribution < 1.29 is 13.9 Å². The molecule has 2 N–H and O–H groups in total. The first-order valence-corrected chi connectivity index (χ1v) is 10.4. The number of nitrogens with one attached hydrogen (secondary N) is 2. The molecule has 31 heavy (non-hydrogen) atoms. The van der Waals surface area contributed by atoms with E-state index in [2.05, 4.69) is 10.6 Å². The number of carbonyl (C=O) groups is 1. The van der Waals surface area contributed by atoms with Crippen LogP contribution in [0, 0.1) is 5.82 Å². The van der Waals surface area contributed by atoms with Crippen molar-refractivity contribution in [2.24, 2.45) is 0 Å². The molecule has 0 radical (unpaired) electrons. The number of Topliss-reactive ketones (excluding diaryl/α,β-unsaturated/α-hetero) is 1. The Morgan fingerprint density at radius 2 is 1.68 bits per heavy atom. The van der Waals surface area contributed by atoms with Crippen LogP contribution in [-0.2, 0) is 4.79 Å². The second-order valence-electron chi connectivity index (χ2n) is 8.00. The summed E-state index contributed by atoms with van der Waals surface area (Å²) in [4.78, 5) is 13.5. The molecule has 0 bridgehead atoms. The molecule has 3 aromatic carbocycles. The van der Waals surface area contributed by atoms with Crippen molar-refractivity contribution in [2.75, 3.05) is 17.7 Å². The summed E-state index contributed by atoms with van der Waals surface area (Å²) in [5.41, 5.74) is 5.49. The van der Waals surface area contributed by atoms with Gasteiger partial charge in [0.1, 0.15) is 11.6 Å². The van der Waals surface area contributed by atoms with E-state index in [0.29, 0.717) is 12.8 Å². The number of carbonyl (C=O) groups excluding carboxylic acids is 1. The minimum absolute atomic E-state index is 0.00979. The number of anilines is 2. The van der Waals surface area contributed by atoms with Gasteiger partial charge in [0.05, 0.1) is 24.5 Å². The summed E-state index contributed by atoms with van der Waals surface area (Å²) >= 11 is 0. The van der Waals surface area contributed by atoms with E-state index >= 15 is 0 Å². The fourth-order valence-corrected chi connectivity index (χ4v) is 4.53. The summed E-state index contributed by atoms with van der Waals surface area (Å²) in [6.45, 7) is 0. The smallest absolute Gasteiger partial charge is 0.163 e. The monoisotopic (exact) mass is 414 g/mol. The Labute approximate surface area is 180 Å². The van der Waals surface area contributed by atoms with Gasteiger partial charge in [-0.1, -0.05) is 36.4 Å². The number of rotatable bonds is 3. The average molecular weight is 414 g/mol. The van der Waals surface area contributed by atoms with Gasteiger partial charge < -0.3 is 15.4 Å². The minimum Gasteiger partial charge on any atom is -0.497 e. The van der Waals surface area contributed by atoms with E-state index in [-0.39, 0.29) is 23.6 Å². The average Bonchev–Trinajstić information content (AvgIpc) is 2.96. The summed E-state index contributed by atoms with van der Waals surface area (Å²) in [5, 5.41) is 7.09. The SMILES string of the molecule is COc1cccc([C@@H]2Nc3ccccc3NC3=C2C(=O)C[C@@H](c2ccc(F)cc2)C3)c1. The third-order valence-corrected chi connectivity index (χ3v) is 6.08. The van der Waals surface area contributed by atoms with E-state index in [1.807, 2.05) is 48.5 Å². The Morgan fingerprint density at radius 3 is 2.45 bits per heavy atom. The topological polar surface area (TPSA) is 50.4 Å². The molecule has 2 aliphatic rings. The van der Waals surface area contributed by atoms with Crippen molar-refractivity contribution in [2.45, 2.75) is 24.8 Å². The molecule has 4 nitrogen and oxygen atoms in total. The van der Waals surface area contributed by atoms with Crippen molar-refractivity contribution in [1.29, 1.82) is 0 Å². The number of ketones is 1. The summed E-state index contributed by atoms with van der Waals surface area (Å²) in [5.74, 6) is 0.584. The molecule has 0 saturated heterocycles. The van der Waals surface area contributed by atoms with Gasteiger partial charge in [-0.05, 0) is 59.9 Å². The van der Waals surface area contributed by atoms with Crippen molar-refractivity contribution in [1.82, 2.24) is 0 Å². The van der Waals surface area contributed by atoms with Crippen LogP contribution in [0.2, 0.25) is 0 Å². The number of para-hydroxylation sites is 2. The lowest BCUT2D eigenvalue weighted by molar-refractivity contribution is -0.116. The van der Waals surface area contributed by atoms with Crippen LogP contribution in [0.3, 0.4) is 0 Å². The molecule has 5 rings (SSSR count). The van der Waals surface area contributed by atoms with E-state index in [9.17, 15) is 9.18 Å². The Kier molecular flexibility index (Phi) is 4.94. The molecular formula is C26H23FN2O2. The molecule has 0 aromatic heterocycles. The lowest BCUT2D eigenvalue weighted by atomic mass is 9.78. The normalized spacial score (nSPS) is 20.1. The van der Waals surface area contributed by atoms with E-state index < -0.39 is 0 Å². The van der Waals surface area contributed by atoms with Crippen molar-refractivity contribution in [3.05, 3.63) is 101 Å². The molecule has 0 fully saturated rings. The highest BCUT2D eigenvalue weighted by Crippen LogP contribution is 2.44. The van der Waals surface area contributed by atoms with Crippen molar-refractivity contribution in [3.63, 3.8) is 0 Å². The van der Waals surface area contributed by atoms with Crippen LogP contribution in [-0.4, -0.2) is 12.9 Å². The van der Waals surface area contributed by atoms with Gasteiger partial charge in [-0.25, -0.2) is 4.39 Å². The van der Waals surface area contributed by atoms with Crippen LogP contribution >= 0.6 is 0 Å². The fourth-order valence-electron chi connectivity index (χ4n) is 4.53. The predicted molar refractivity (Wildman–Crippen MR) is 120 cm³/mol. The van der Waals surface area contributed by atoms with Gasteiger partial charge in [-0.15, -0.1) is 0 Å². The number of ether oxygens (including phenoxy) is 1. The van der Waals surface area contributed by atoms with Crippen LogP contribution in [0.1, 0.15) is 35.9 Å². The number of hydrogen-bond acceptors (Lipinski definition) is 4. The third kappa shape index (κ3) is 3.67. The van der Waals surface area contributed by atoms with Gasteiger partial charge in [0.15, 0.2) is 5.78 Å². The molecule has 1 aliphatic carbocycles. The summed E-state index contributed by atoms with van der Waals surface area (Å²) in [6.07, 6.45) is 1.08. The summed E-state index contributed by atoms with van der Waals surface area (Å²) in [7, 11) is 1.64. The lowest BCUT2D eigenvalue weighted by Crippen LogP contribution is -2.26. The molecule has 0 amide bonds. The Hall–Kier alpha value is -3.60. The number of halogens is 1. The molecule has 3 aromatic rings. The molecular weight excluding hydrogens is 391 g/mol. The van der Waals surface area contributed by atoms with Gasteiger partial charge in [0.2, 0.25) is 0 Å². The standard InChI is InChI=1S/C26H23FN2O2/c1-31-20-6-4-5-17(13-20)26-25-23(28-21-7-2-3-8-22(21)29-26)14-18(15-24(25)30)16-9-11-19(27)12-10-16/h2-13,18,26,28-29H,14-15H2,1H3/t18-,26-/m0/s1. The second-order valence-corrected chi connectivity index (χ2v) is 8.00. The number of benzene rings is 3. The van der Waals surface area contributed by atoms with Gasteiger partial charge in [0.25, 0.3) is 0 Å². The molecule has 1 aliphatic heterocycles. The molecule has 0 spiro atoms. The van der Waals surface area contributed by atoms with E-state index in [1.54, 1.807) is 19.2 Å². The zero-order chi connectivity index (χ0) is 21.4.